The Labute approximate surface area is 113 Å². The second kappa shape index (κ2) is 4.52. The zero-order valence-electron chi connectivity index (χ0n) is 9.14. The number of fused-ring (bicyclic) bond motifs is 1. The molecule has 3 nitrogen and oxygen atoms in total. The molecule has 0 aliphatic rings. The Morgan fingerprint density at radius 3 is 2.61 bits per heavy atom. The SMILES string of the molecule is Clc1cc(-c2cccc3cccnc23)c(Cl)nn1. The van der Waals surface area contributed by atoms with Crippen molar-refractivity contribution in [1.82, 2.24) is 15.2 Å². The lowest BCUT2D eigenvalue weighted by atomic mass is 10.0. The van der Waals surface area contributed by atoms with Crippen LogP contribution in [-0.2, 0) is 0 Å². The average Bonchev–Trinajstić information content (AvgIpc) is 2.41. The molecule has 0 bridgehead atoms. The first-order valence-electron chi connectivity index (χ1n) is 5.28. The Morgan fingerprint density at radius 2 is 1.72 bits per heavy atom. The van der Waals surface area contributed by atoms with Gasteiger partial charge in [-0.25, -0.2) is 0 Å². The first-order valence-corrected chi connectivity index (χ1v) is 6.04. The first-order chi connectivity index (χ1) is 8.75. The van der Waals surface area contributed by atoms with Crippen molar-refractivity contribution >= 4 is 34.1 Å². The molecule has 0 spiro atoms. The Hall–Kier alpha value is -1.71. The fourth-order valence-corrected chi connectivity index (χ4v) is 2.20. The molecule has 2 heterocycles. The van der Waals surface area contributed by atoms with E-state index in [-0.39, 0.29) is 0 Å². The van der Waals surface area contributed by atoms with Crippen molar-refractivity contribution in [3.63, 3.8) is 0 Å². The van der Waals surface area contributed by atoms with Crippen LogP contribution in [0, 0.1) is 0 Å². The van der Waals surface area contributed by atoms with Gasteiger partial charge in [0, 0.05) is 22.7 Å². The van der Waals surface area contributed by atoms with Gasteiger partial charge < -0.3 is 0 Å². The molecular formula is C13H7Cl2N3. The van der Waals surface area contributed by atoms with Gasteiger partial charge >= 0.3 is 0 Å². The molecule has 0 N–H and O–H groups in total. The van der Waals surface area contributed by atoms with Gasteiger partial charge in [0.2, 0.25) is 0 Å². The number of halogens is 2. The molecule has 88 valence electrons. The van der Waals surface area contributed by atoms with Crippen LogP contribution in [0.5, 0.6) is 0 Å². The Kier molecular flexibility index (Phi) is 2.86. The van der Waals surface area contributed by atoms with Gasteiger partial charge in [0.05, 0.1) is 5.52 Å². The van der Waals surface area contributed by atoms with Crippen LogP contribution in [0.15, 0.2) is 42.6 Å². The van der Waals surface area contributed by atoms with Crippen LogP contribution in [-0.4, -0.2) is 15.2 Å². The minimum atomic E-state index is 0.308. The lowest BCUT2D eigenvalue weighted by Gasteiger charge is -2.06. The summed E-state index contributed by atoms with van der Waals surface area (Å²) in [5.41, 5.74) is 2.50. The fraction of sp³-hybridized carbons (Fsp3) is 0. The van der Waals surface area contributed by atoms with Crippen LogP contribution in [0.2, 0.25) is 10.3 Å². The summed E-state index contributed by atoms with van der Waals surface area (Å²) < 4.78 is 0. The molecule has 0 fully saturated rings. The van der Waals surface area contributed by atoms with E-state index in [9.17, 15) is 0 Å². The minimum Gasteiger partial charge on any atom is -0.256 e. The van der Waals surface area contributed by atoms with Crippen molar-refractivity contribution in [3.8, 4) is 11.1 Å². The Morgan fingerprint density at radius 1 is 0.889 bits per heavy atom. The Bertz CT molecular complexity index is 723. The van der Waals surface area contributed by atoms with Crippen molar-refractivity contribution in [2.24, 2.45) is 0 Å². The molecule has 2 aromatic heterocycles. The standard InChI is InChI=1S/C13H7Cl2N3/c14-11-7-10(13(15)18-17-11)9-5-1-3-8-4-2-6-16-12(8)9/h1-7H. The predicted molar refractivity (Wildman–Crippen MR) is 72.8 cm³/mol. The molecule has 0 radical (unpaired) electrons. The smallest absolute Gasteiger partial charge is 0.159 e. The van der Waals surface area contributed by atoms with Gasteiger partial charge in [-0.05, 0) is 12.1 Å². The molecular weight excluding hydrogens is 269 g/mol. The summed E-state index contributed by atoms with van der Waals surface area (Å²) in [5.74, 6) is 0. The van der Waals surface area contributed by atoms with Crippen molar-refractivity contribution < 1.29 is 0 Å². The molecule has 0 atom stereocenters. The lowest BCUT2D eigenvalue weighted by molar-refractivity contribution is 1.03. The maximum absolute atomic E-state index is 6.07. The van der Waals surface area contributed by atoms with Crippen LogP contribution in [0.3, 0.4) is 0 Å². The molecule has 18 heavy (non-hydrogen) atoms. The number of pyridine rings is 1. The monoisotopic (exact) mass is 275 g/mol. The Balaban J connectivity index is 2.35. The van der Waals surface area contributed by atoms with E-state index in [2.05, 4.69) is 15.2 Å². The van der Waals surface area contributed by atoms with Crippen molar-refractivity contribution in [2.75, 3.05) is 0 Å². The van der Waals surface area contributed by atoms with E-state index >= 15 is 0 Å². The van der Waals surface area contributed by atoms with Crippen LogP contribution in [0.4, 0.5) is 0 Å². The van der Waals surface area contributed by atoms with E-state index in [1.165, 1.54) is 0 Å². The van der Waals surface area contributed by atoms with Gasteiger partial charge in [-0.1, -0.05) is 47.5 Å². The maximum atomic E-state index is 6.07. The highest BCUT2D eigenvalue weighted by molar-refractivity contribution is 6.33. The van der Waals surface area contributed by atoms with Gasteiger partial charge in [-0.15, -0.1) is 10.2 Å². The zero-order chi connectivity index (χ0) is 12.5. The molecule has 5 heteroatoms. The van der Waals surface area contributed by atoms with Crippen molar-refractivity contribution in [3.05, 3.63) is 52.9 Å². The summed E-state index contributed by atoms with van der Waals surface area (Å²) in [7, 11) is 0. The normalized spacial score (nSPS) is 10.8. The topological polar surface area (TPSA) is 38.7 Å². The number of aromatic nitrogens is 3. The van der Waals surface area contributed by atoms with Gasteiger partial charge in [-0.3, -0.25) is 4.98 Å². The van der Waals surface area contributed by atoms with Gasteiger partial charge in [0.25, 0.3) is 0 Å². The number of hydrogen-bond donors (Lipinski definition) is 0. The van der Waals surface area contributed by atoms with Crippen LogP contribution >= 0.6 is 23.2 Å². The number of hydrogen-bond acceptors (Lipinski definition) is 3. The highest BCUT2D eigenvalue weighted by atomic mass is 35.5. The summed E-state index contributed by atoms with van der Waals surface area (Å²) >= 11 is 11.9. The minimum absolute atomic E-state index is 0.308. The van der Waals surface area contributed by atoms with Gasteiger partial charge in [-0.2, -0.15) is 0 Å². The van der Waals surface area contributed by atoms with Crippen molar-refractivity contribution in [1.29, 1.82) is 0 Å². The molecule has 0 aliphatic heterocycles. The third-order valence-corrected chi connectivity index (χ3v) is 3.11. The maximum Gasteiger partial charge on any atom is 0.159 e. The third kappa shape index (κ3) is 1.92. The third-order valence-electron chi connectivity index (χ3n) is 2.64. The van der Waals surface area contributed by atoms with Crippen LogP contribution in [0.25, 0.3) is 22.0 Å². The zero-order valence-corrected chi connectivity index (χ0v) is 10.7. The number of rotatable bonds is 1. The number of nitrogens with zero attached hydrogens (tertiary/aromatic N) is 3. The fourth-order valence-electron chi connectivity index (χ4n) is 1.86. The molecule has 0 amide bonds. The van der Waals surface area contributed by atoms with E-state index in [4.69, 9.17) is 23.2 Å². The highest BCUT2D eigenvalue weighted by Crippen LogP contribution is 2.31. The van der Waals surface area contributed by atoms with E-state index < -0.39 is 0 Å². The molecule has 0 saturated carbocycles. The molecule has 0 aliphatic carbocycles. The molecule has 1 aromatic carbocycles. The van der Waals surface area contributed by atoms with Gasteiger partial charge in [0.15, 0.2) is 10.3 Å². The summed E-state index contributed by atoms with van der Waals surface area (Å²) in [5, 5.41) is 9.19. The van der Waals surface area contributed by atoms with Crippen molar-refractivity contribution in [2.45, 2.75) is 0 Å². The summed E-state index contributed by atoms with van der Waals surface area (Å²) in [6.45, 7) is 0. The molecule has 3 aromatic rings. The van der Waals surface area contributed by atoms with E-state index in [0.717, 1.165) is 22.0 Å². The quantitative estimate of drug-likeness (QED) is 0.674. The van der Waals surface area contributed by atoms with E-state index in [1.54, 1.807) is 12.3 Å². The number of para-hydroxylation sites is 1. The highest BCUT2D eigenvalue weighted by Gasteiger charge is 2.10. The first kappa shape index (κ1) is 11.4. The van der Waals surface area contributed by atoms with Gasteiger partial charge in [0.1, 0.15) is 0 Å². The molecule has 0 unspecified atom stereocenters. The largest absolute Gasteiger partial charge is 0.256 e. The number of benzene rings is 1. The summed E-state index contributed by atoms with van der Waals surface area (Å²) in [6.07, 6.45) is 1.75. The van der Waals surface area contributed by atoms with Crippen LogP contribution in [0.1, 0.15) is 0 Å². The second-order valence-corrected chi connectivity index (χ2v) is 4.50. The molecule has 3 rings (SSSR count). The average molecular weight is 276 g/mol. The van der Waals surface area contributed by atoms with E-state index in [1.807, 2.05) is 30.3 Å². The lowest BCUT2D eigenvalue weighted by Crippen LogP contribution is -1.90. The van der Waals surface area contributed by atoms with E-state index in [0.29, 0.717) is 10.3 Å². The second-order valence-electron chi connectivity index (χ2n) is 3.75. The summed E-state index contributed by atoms with van der Waals surface area (Å²) in [6, 6.07) is 11.5. The molecule has 0 saturated heterocycles. The predicted octanol–water partition coefficient (Wildman–Crippen LogP) is 4.00. The van der Waals surface area contributed by atoms with Crippen LogP contribution < -0.4 is 0 Å². The summed E-state index contributed by atoms with van der Waals surface area (Å²) in [4.78, 5) is 4.38.